The molecule has 2 aromatic heterocycles. The van der Waals surface area contributed by atoms with E-state index in [1.165, 1.54) is 18.4 Å². The predicted octanol–water partition coefficient (Wildman–Crippen LogP) is 3.82. The van der Waals surface area contributed by atoms with E-state index < -0.39 is 5.97 Å². The molecule has 6 heteroatoms. The van der Waals surface area contributed by atoms with Crippen molar-refractivity contribution in [3.63, 3.8) is 0 Å². The first kappa shape index (κ1) is 15.8. The van der Waals surface area contributed by atoms with Crippen LogP contribution in [0.5, 0.6) is 0 Å². The van der Waals surface area contributed by atoms with Crippen LogP contribution < -0.4 is 5.32 Å². The Morgan fingerprint density at radius 1 is 1.16 bits per heavy atom. The van der Waals surface area contributed by atoms with Crippen molar-refractivity contribution in [1.29, 1.82) is 0 Å². The Morgan fingerprint density at radius 2 is 2.00 bits per heavy atom. The fourth-order valence-corrected chi connectivity index (χ4v) is 4.08. The minimum atomic E-state index is -0.402. The first-order valence-corrected chi connectivity index (χ1v) is 8.89. The molecule has 0 fully saturated rings. The minimum absolute atomic E-state index is 0.157. The summed E-state index contributed by atoms with van der Waals surface area (Å²) in [5.74, 6) is -0.559. The molecule has 5 nitrogen and oxygen atoms in total. The normalized spacial score (nSPS) is 12.8. The topological polar surface area (TPSA) is 68.3 Å². The Hall–Kier alpha value is -2.73. The number of nitrogens with one attached hydrogen (secondary N) is 1. The number of para-hydroxylation sites is 1. The van der Waals surface area contributed by atoms with Gasteiger partial charge in [-0.2, -0.15) is 0 Å². The summed E-state index contributed by atoms with van der Waals surface area (Å²) in [5.41, 5.74) is 3.60. The van der Waals surface area contributed by atoms with Crippen LogP contribution >= 0.6 is 11.3 Å². The lowest BCUT2D eigenvalue weighted by atomic mass is 10.0. The van der Waals surface area contributed by atoms with Gasteiger partial charge in [0, 0.05) is 11.1 Å². The largest absolute Gasteiger partial charge is 0.465 e. The zero-order chi connectivity index (χ0) is 17.4. The summed E-state index contributed by atoms with van der Waals surface area (Å²) in [6.07, 6.45) is 2.80. The van der Waals surface area contributed by atoms with Crippen LogP contribution in [0.1, 0.15) is 37.7 Å². The van der Waals surface area contributed by atoms with Crippen molar-refractivity contribution < 1.29 is 14.3 Å². The molecule has 126 valence electrons. The number of pyridine rings is 1. The summed E-state index contributed by atoms with van der Waals surface area (Å²) in [6.45, 7) is 0. The molecule has 0 bridgehead atoms. The van der Waals surface area contributed by atoms with Crippen LogP contribution in [0.4, 0.5) is 5.00 Å². The molecular formula is C19H16N2O3S. The molecule has 3 aromatic rings. The highest BCUT2D eigenvalue weighted by molar-refractivity contribution is 7.18. The Labute approximate surface area is 148 Å². The van der Waals surface area contributed by atoms with Gasteiger partial charge < -0.3 is 10.1 Å². The van der Waals surface area contributed by atoms with Gasteiger partial charge in [-0.3, -0.25) is 9.78 Å². The molecule has 1 aliphatic rings. The van der Waals surface area contributed by atoms with Gasteiger partial charge in [-0.25, -0.2) is 4.79 Å². The summed E-state index contributed by atoms with van der Waals surface area (Å²) < 4.78 is 4.71. The number of thiophene rings is 1. The lowest BCUT2D eigenvalue weighted by Gasteiger charge is -2.12. The molecule has 1 N–H and O–H groups in total. The maximum atomic E-state index is 13.0. The highest BCUT2D eigenvalue weighted by Crippen LogP contribution is 2.31. The summed E-state index contributed by atoms with van der Waals surface area (Å²) >= 11 is 1.21. The standard InChI is InChI=1S/C19H16N2O3S/c1-24-19(23)15-9-10-16(25-15)21-18(22)17-11-5-2-3-7-13(11)20-14-8-4-6-12(14)17/h2-3,5,7,9-10H,4,6,8H2,1H3,(H,21,22). The first-order chi connectivity index (χ1) is 12.2. The van der Waals surface area contributed by atoms with Gasteiger partial charge in [0.2, 0.25) is 0 Å². The van der Waals surface area contributed by atoms with Crippen molar-refractivity contribution in [3.05, 3.63) is 58.1 Å². The monoisotopic (exact) mass is 352 g/mol. The number of rotatable bonds is 3. The number of aromatic nitrogens is 1. The number of carbonyl (C=O) groups excluding carboxylic acids is 2. The molecule has 0 radical (unpaired) electrons. The van der Waals surface area contributed by atoms with E-state index in [1.54, 1.807) is 12.1 Å². The third-order valence-corrected chi connectivity index (χ3v) is 5.36. The average Bonchev–Trinajstić information content (AvgIpc) is 3.27. The predicted molar refractivity (Wildman–Crippen MR) is 97.4 cm³/mol. The minimum Gasteiger partial charge on any atom is -0.465 e. The molecule has 2 heterocycles. The lowest BCUT2D eigenvalue weighted by Crippen LogP contribution is -2.15. The molecule has 0 saturated carbocycles. The van der Waals surface area contributed by atoms with Crippen molar-refractivity contribution in [1.82, 2.24) is 4.98 Å². The number of fused-ring (bicyclic) bond motifs is 2. The van der Waals surface area contributed by atoms with Gasteiger partial charge in [0.05, 0.1) is 23.2 Å². The molecule has 0 saturated heterocycles. The molecule has 25 heavy (non-hydrogen) atoms. The van der Waals surface area contributed by atoms with Crippen LogP contribution in [0.2, 0.25) is 0 Å². The van der Waals surface area contributed by atoms with Crippen molar-refractivity contribution in [2.45, 2.75) is 19.3 Å². The Morgan fingerprint density at radius 3 is 2.84 bits per heavy atom. The summed E-state index contributed by atoms with van der Waals surface area (Å²) in [7, 11) is 1.34. The number of hydrogen-bond acceptors (Lipinski definition) is 5. The Balaban J connectivity index is 1.73. The fraction of sp³-hybridized carbons (Fsp3) is 0.211. The van der Waals surface area contributed by atoms with Crippen LogP contribution in [0.15, 0.2) is 36.4 Å². The van der Waals surface area contributed by atoms with Crippen LogP contribution in [0.25, 0.3) is 10.9 Å². The fourth-order valence-electron chi connectivity index (χ4n) is 3.26. The van der Waals surface area contributed by atoms with Crippen molar-refractivity contribution >= 4 is 39.1 Å². The number of esters is 1. The van der Waals surface area contributed by atoms with E-state index in [0.717, 1.165) is 41.4 Å². The first-order valence-electron chi connectivity index (χ1n) is 8.07. The molecule has 0 aliphatic heterocycles. The average molecular weight is 352 g/mol. The highest BCUT2D eigenvalue weighted by Gasteiger charge is 2.24. The van der Waals surface area contributed by atoms with Gasteiger partial charge in [-0.1, -0.05) is 18.2 Å². The maximum absolute atomic E-state index is 13.0. The molecule has 1 aromatic carbocycles. The second-order valence-electron chi connectivity index (χ2n) is 5.89. The van der Waals surface area contributed by atoms with Crippen LogP contribution in [-0.4, -0.2) is 24.0 Å². The summed E-state index contributed by atoms with van der Waals surface area (Å²) in [5, 5.41) is 4.41. The number of aryl methyl sites for hydroxylation is 1. The molecule has 0 spiro atoms. The zero-order valence-corrected chi connectivity index (χ0v) is 14.5. The number of anilines is 1. The number of nitrogens with zero attached hydrogens (tertiary/aromatic N) is 1. The van der Waals surface area contributed by atoms with Crippen molar-refractivity contribution in [2.24, 2.45) is 0 Å². The summed E-state index contributed by atoms with van der Waals surface area (Å²) in [6, 6.07) is 11.1. The van der Waals surface area contributed by atoms with E-state index in [1.807, 2.05) is 24.3 Å². The lowest BCUT2D eigenvalue weighted by molar-refractivity contribution is 0.0606. The second kappa shape index (κ2) is 6.29. The van der Waals surface area contributed by atoms with E-state index >= 15 is 0 Å². The maximum Gasteiger partial charge on any atom is 0.348 e. The van der Waals surface area contributed by atoms with E-state index in [4.69, 9.17) is 9.72 Å². The Bertz CT molecular complexity index is 993. The third-order valence-electron chi connectivity index (χ3n) is 4.38. The number of methoxy groups -OCH3 is 1. The van der Waals surface area contributed by atoms with Crippen LogP contribution in [0.3, 0.4) is 0 Å². The highest BCUT2D eigenvalue weighted by atomic mass is 32.1. The van der Waals surface area contributed by atoms with Gasteiger partial charge in [-0.15, -0.1) is 11.3 Å². The Kier molecular flexibility index (Phi) is 3.97. The van der Waals surface area contributed by atoms with E-state index in [0.29, 0.717) is 15.4 Å². The molecule has 1 aliphatic carbocycles. The molecule has 0 unspecified atom stereocenters. The third kappa shape index (κ3) is 2.78. The number of amides is 1. The SMILES string of the molecule is COC(=O)c1ccc(NC(=O)c2c3c(nc4ccccc24)CCC3)s1. The number of ether oxygens (including phenoxy) is 1. The van der Waals surface area contributed by atoms with Gasteiger partial charge in [0.15, 0.2) is 0 Å². The molecule has 1 amide bonds. The number of carbonyl (C=O) groups is 2. The van der Waals surface area contributed by atoms with Gasteiger partial charge in [0.1, 0.15) is 4.88 Å². The number of benzene rings is 1. The van der Waals surface area contributed by atoms with Gasteiger partial charge >= 0.3 is 5.97 Å². The molecule has 0 atom stereocenters. The smallest absolute Gasteiger partial charge is 0.348 e. The van der Waals surface area contributed by atoms with E-state index in [2.05, 4.69) is 5.32 Å². The van der Waals surface area contributed by atoms with Crippen molar-refractivity contribution in [3.8, 4) is 0 Å². The van der Waals surface area contributed by atoms with E-state index in [-0.39, 0.29) is 5.91 Å². The molecular weight excluding hydrogens is 336 g/mol. The number of hydrogen-bond donors (Lipinski definition) is 1. The van der Waals surface area contributed by atoms with Crippen LogP contribution in [0, 0.1) is 0 Å². The van der Waals surface area contributed by atoms with E-state index in [9.17, 15) is 9.59 Å². The zero-order valence-electron chi connectivity index (χ0n) is 13.7. The van der Waals surface area contributed by atoms with Crippen LogP contribution in [-0.2, 0) is 17.6 Å². The summed E-state index contributed by atoms with van der Waals surface area (Å²) in [4.78, 5) is 29.7. The van der Waals surface area contributed by atoms with Crippen molar-refractivity contribution in [2.75, 3.05) is 12.4 Å². The quantitative estimate of drug-likeness (QED) is 0.728. The van der Waals surface area contributed by atoms with Gasteiger partial charge in [0.25, 0.3) is 5.91 Å². The molecule has 4 rings (SSSR count). The second-order valence-corrected chi connectivity index (χ2v) is 6.98. The van der Waals surface area contributed by atoms with Gasteiger partial charge in [-0.05, 0) is 43.0 Å².